The molecule has 0 saturated carbocycles. The van der Waals surface area contributed by atoms with Crippen molar-refractivity contribution in [3.8, 4) is 28.3 Å². The van der Waals surface area contributed by atoms with Gasteiger partial charge in [0.05, 0.1) is 23.4 Å². The molecule has 4 aliphatic rings. The summed E-state index contributed by atoms with van der Waals surface area (Å²) in [6.45, 7) is 9.14. The van der Waals surface area contributed by atoms with E-state index in [0.29, 0.717) is 35.8 Å². The van der Waals surface area contributed by atoms with E-state index in [-0.39, 0.29) is 35.9 Å². The van der Waals surface area contributed by atoms with Crippen LogP contribution in [0.4, 0.5) is 15.9 Å². The van der Waals surface area contributed by atoms with E-state index in [1.807, 2.05) is 57.7 Å². The van der Waals surface area contributed by atoms with Crippen LogP contribution in [-0.2, 0) is 23.2 Å². The largest absolute Gasteiger partial charge is 0.482 e. The molecule has 3 aromatic heterocycles. The number of benzene rings is 2. The highest BCUT2D eigenvalue weighted by molar-refractivity contribution is 6.05. The van der Waals surface area contributed by atoms with Crippen LogP contribution in [0.25, 0.3) is 22.5 Å². The zero-order chi connectivity index (χ0) is 40.2. The van der Waals surface area contributed by atoms with Crippen molar-refractivity contribution in [1.82, 2.24) is 39.4 Å². The number of imide groups is 1. The fourth-order valence-corrected chi connectivity index (χ4v) is 9.08. The third kappa shape index (κ3) is 7.07. The lowest BCUT2D eigenvalue weighted by molar-refractivity contribution is -0.136. The SMILES string of the molecule is Cc1ncn(C2CCN(CC3CN(c4ccc5c(c4)CN(C4CCC(=O)NC4=O)C5=O)C3)CC2)c1-c1cnc(N)c(O[C@H](C)c2cc(F)ccc2-c2ccn(C)n2)c1. The van der Waals surface area contributed by atoms with E-state index >= 15 is 0 Å². The first-order valence-electron chi connectivity index (χ1n) is 20.0. The number of fused-ring (bicyclic) bond motifs is 1. The van der Waals surface area contributed by atoms with Crippen molar-refractivity contribution in [3.63, 3.8) is 0 Å². The number of likely N-dealkylation sites (tertiary alicyclic amines) is 1. The fraction of sp³-hybridized carbons (Fsp3) is 0.395. The number of anilines is 2. The first kappa shape index (κ1) is 37.5. The first-order valence-corrected chi connectivity index (χ1v) is 20.0. The maximum Gasteiger partial charge on any atom is 0.255 e. The lowest BCUT2D eigenvalue weighted by atomic mass is 9.95. The van der Waals surface area contributed by atoms with Crippen molar-refractivity contribution >= 4 is 29.2 Å². The number of hydrogen-bond donors (Lipinski definition) is 2. The van der Waals surface area contributed by atoms with Crippen molar-refractivity contribution in [2.24, 2.45) is 13.0 Å². The summed E-state index contributed by atoms with van der Waals surface area (Å²) in [4.78, 5) is 53.0. The van der Waals surface area contributed by atoms with E-state index in [2.05, 4.69) is 35.8 Å². The van der Waals surface area contributed by atoms with E-state index in [4.69, 9.17) is 15.5 Å². The summed E-state index contributed by atoms with van der Waals surface area (Å²) in [6, 6.07) is 14.1. The van der Waals surface area contributed by atoms with Gasteiger partial charge < -0.3 is 29.7 Å². The Bertz CT molecular complexity index is 2410. The number of nitrogens with two attached hydrogens (primary N) is 1. The van der Waals surface area contributed by atoms with E-state index in [9.17, 15) is 18.8 Å². The number of pyridine rings is 1. The molecule has 3 amide bonds. The molecule has 0 spiro atoms. The summed E-state index contributed by atoms with van der Waals surface area (Å²) in [5, 5.41) is 6.89. The van der Waals surface area contributed by atoms with Gasteiger partial charge in [0.2, 0.25) is 11.8 Å². The number of nitrogens with one attached hydrogen (secondary N) is 1. The Kier molecular flexibility index (Phi) is 9.70. The Balaban J connectivity index is 0.810. The highest BCUT2D eigenvalue weighted by Crippen LogP contribution is 2.38. The molecule has 0 aliphatic carbocycles. The quantitative estimate of drug-likeness (QED) is 0.184. The standard InChI is InChI=1S/C43H47FN10O4/c1-25-40(28-17-38(41(45)46-19-28)58-26(2)35-18-30(44)4-6-34(35)36-12-13-50(3)49-36)54(24-47-25)31-10-14-51(15-11-31)20-27-21-52(22-27)32-5-7-33-29(16-32)23-53(43(33)57)37-8-9-39(55)48-42(37)56/h4-7,12-13,16-19,24,26-27,31,37H,8-11,14-15,20-23H2,1-3H3,(H2,45,46)(H,48,55,56)/t26-,37?/m1/s1. The van der Waals surface area contributed by atoms with Gasteiger partial charge in [-0.25, -0.2) is 14.4 Å². The van der Waals surface area contributed by atoms with Crippen LogP contribution in [0.15, 0.2) is 67.3 Å². The van der Waals surface area contributed by atoms with Crippen LogP contribution >= 0.6 is 0 Å². The molecule has 3 saturated heterocycles. The van der Waals surface area contributed by atoms with Gasteiger partial charge in [-0.15, -0.1) is 0 Å². The molecule has 0 bridgehead atoms. The van der Waals surface area contributed by atoms with Gasteiger partial charge >= 0.3 is 0 Å². The zero-order valence-electron chi connectivity index (χ0n) is 32.9. The van der Waals surface area contributed by atoms with Crippen molar-refractivity contribution in [2.75, 3.05) is 43.4 Å². The number of hydrogen-bond acceptors (Lipinski definition) is 10. The van der Waals surface area contributed by atoms with E-state index in [1.165, 1.54) is 12.1 Å². The summed E-state index contributed by atoms with van der Waals surface area (Å²) in [5.41, 5.74) is 13.9. The molecule has 300 valence electrons. The second kappa shape index (κ2) is 15.0. The van der Waals surface area contributed by atoms with Crippen LogP contribution < -0.4 is 20.7 Å². The molecule has 14 nitrogen and oxygen atoms in total. The molecule has 2 aromatic carbocycles. The molecule has 15 heteroatoms. The lowest BCUT2D eigenvalue weighted by Crippen LogP contribution is -2.52. The number of carbonyl (C=O) groups is 3. The number of nitrogen functional groups attached to an aromatic ring is 1. The van der Waals surface area contributed by atoms with Crippen molar-refractivity contribution < 1.29 is 23.5 Å². The molecule has 58 heavy (non-hydrogen) atoms. The van der Waals surface area contributed by atoms with Crippen LogP contribution in [0.1, 0.15) is 71.9 Å². The smallest absolute Gasteiger partial charge is 0.255 e. The van der Waals surface area contributed by atoms with Crippen LogP contribution in [0.3, 0.4) is 0 Å². The number of imidazole rings is 1. The number of aryl methyl sites for hydroxylation is 2. The number of ether oxygens (including phenoxy) is 1. The van der Waals surface area contributed by atoms with Gasteiger partial charge in [-0.1, -0.05) is 0 Å². The highest BCUT2D eigenvalue weighted by Gasteiger charge is 2.40. The Morgan fingerprint density at radius 1 is 1.00 bits per heavy atom. The van der Waals surface area contributed by atoms with E-state index in [1.54, 1.807) is 21.8 Å². The van der Waals surface area contributed by atoms with Gasteiger partial charge in [-0.05, 0) is 87.2 Å². The summed E-state index contributed by atoms with van der Waals surface area (Å²) >= 11 is 0. The van der Waals surface area contributed by atoms with Crippen molar-refractivity contribution in [2.45, 2.75) is 64.3 Å². The van der Waals surface area contributed by atoms with Gasteiger partial charge in [0, 0.05) is 105 Å². The maximum atomic E-state index is 14.5. The van der Waals surface area contributed by atoms with E-state index < -0.39 is 18.1 Å². The average molecular weight is 787 g/mol. The van der Waals surface area contributed by atoms with Crippen molar-refractivity contribution in [1.29, 1.82) is 0 Å². The Morgan fingerprint density at radius 2 is 1.79 bits per heavy atom. The number of rotatable bonds is 10. The number of amides is 3. The Hall–Kier alpha value is -6.09. The Labute approximate surface area is 335 Å². The second-order valence-corrected chi connectivity index (χ2v) is 16.1. The van der Waals surface area contributed by atoms with Crippen LogP contribution in [0, 0.1) is 18.7 Å². The van der Waals surface area contributed by atoms with Crippen LogP contribution in [0.5, 0.6) is 5.75 Å². The molecule has 2 atom stereocenters. The molecular formula is C43H47FN10O4. The third-order valence-corrected chi connectivity index (χ3v) is 12.2. The van der Waals surface area contributed by atoms with Gasteiger partial charge in [0.15, 0.2) is 11.6 Å². The minimum atomic E-state index is -0.610. The molecule has 1 unspecified atom stereocenters. The highest BCUT2D eigenvalue weighted by atomic mass is 19.1. The fourth-order valence-electron chi connectivity index (χ4n) is 9.08. The molecular weight excluding hydrogens is 740 g/mol. The van der Waals surface area contributed by atoms with Gasteiger partial charge in [0.25, 0.3) is 5.91 Å². The molecule has 7 heterocycles. The maximum absolute atomic E-state index is 14.5. The minimum absolute atomic E-state index is 0.147. The number of halogens is 1. The predicted molar refractivity (Wildman–Crippen MR) is 215 cm³/mol. The Morgan fingerprint density at radius 3 is 2.55 bits per heavy atom. The van der Waals surface area contributed by atoms with Crippen LogP contribution in [0.2, 0.25) is 0 Å². The summed E-state index contributed by atoms with van der Waals surface area (Å²) in [7, 11) is 1.84. The number of carbonyl (C=O) groups excluding carboxylic acids is 3. The normalized spacial score (nSPS) is 19.7. The average Bonchev–Trinajstić information content (AvgIpc) is 3.90. The minimum Gasteiger partial charge on any atom is -0.482 e. The number of aromatic nitrogens is 5. The van der Waals surface area contributed by atoms with E-state index in [0.717, 1.165) is 85.0 Å². The molecule has 4 aliphatic heterocycles. The zero-order valence-corrected chi connectivity index (χ0v) is 32.9. The van der Waals surface area contributed by atoms with Gasteiger partial charge in [-0.3, -0.25) is 24.4 Å². The predicted octanol–water partition coefficient (Wildman–Crippen LogP) is 5.05. The number of piperidine rings is 2. The molecule has 3 fully saturated rings. The third-order valence-electron chi connectivity index (χ3n) is 12.2. The lowest BCUT2D eigenvalue weighted by Gasteiger charge is -2.44. The molecule has 3 N–H and O–H groups in total. The summed E-state index contributed by atoms with van der Waals surface area (Å²) in [6.07, 6.45) is 7.57. The topological polar surface area (TPSA) is 157 Å². The monoisotopic (exact) mass is 786 g/mol. The summed E-state index contributed by atoms with van der Waals surface area (Å²) in [5.74, 6) is 0.0332. The summed E-state index contributed by atoms with van der Waals surface area (Å²) < 4.78 is 24.9. The molecule has 0 radical (unpaired) electrons. The van der Waals surface area contributed by atoms with Gasteiger partial charge in [0.1, 0.15) is 18.0 Å². The first-order chi connectivity index (χ1) is 28.0. The van der Waals surface area contributed by atoms with Gasteiger partial charge in [-0.2, -0.15) is 5.10 Å². The second-order valence-electron chi connectivity index (χ2n) is 16.1. The van der Waals surface area contributed by atoms with Crippen molar-refractivity contribution in [3.05, 3.63) is 95.5 Å². The molecule has 5 aromatic rings. The number of nitrogens with zero attached hydrogens (tertiary/aromatic N) is 8. The molecule has 9 rings (SSSR count). The van der Waals surface area contributed by atoms with Crippen LogP contribution in [-0.4, -0.2) is 90.6 Å².